The van der Waals surface area contributed by atoms with E-state index in [2.05, 4.69) is 19.9 Å². The fraction of sp³-hybridized carbons (Fsp3) is 0.360. The molecule has 0 aromatic carbocycles. The van der Waals surface area contributed by atoms with Gasteiger partial charge in [-0.1, -0.05) is 13.8 Å². The van der Waals surface area contributed by atoms with Crippen LogP contribution in [0, 0.1) is 0 Å². The number of nitrogens with one attached hydrogen (secondary N) is 1. The molecule has 0 atom stereocenters. The van der Waals surface area contributed by atoms with Gasteiger partial charge in [-0.15, -0.1) is 0 Å². The number of carbonyl (C=O) groups excluding carboxylic acids is 1. The summed E-state index contributed by atoms with van der Waals surface area (Å²) in [6.07, 6.45) is 6.35. The summed E-state index contributed by atoms with van der Waals surface area (Å²) in [7, 11) is 0. The van der Waals surface area contributed by atoms with Gasteiger partial charge in [0.05, 0.1) is 0 Å². The van der Waals surface area contributed by atoms with Crippen LogP contribution in [0.25, 0.3) is 22.6 Å². The van der Waals surface area contributed by atoms with Crippen LogP contribution in [-0.4, -0.2) is 46.4 Å². The molecule has 0 saturated carbocycles. The summed E-state index contributed by atoms with van der Waals surface area (Å²) >= 11 is 0. The quantitative estimate of drug-likeness (QED) is 0.398. The predicted octanol–water partition coefficient (Wildman–Crippen LogP) is 2.83. The molecule has 35 heavy (non-hydrogen) atoms. The zero-order valence-corrected chi connectivity index (χ0v) is 20.2. The second kappa shape index (κ2) is 10.5. The Hall–Kier alpha value is -4.08. The lowest BCUT2D eigenvalue weighted by Crippen LogP contribution is -2.40. The van der Waals surface area contributed by atoms with Gasteiger partial charge in [0.1, 0.15) is 17.0 Å². The minimum Gasteiger partial charge on any atom is -0.333 e. The van der Waals surface area contributed by atoms with Crippen molar-refractivity contribution in [1.82, 2.24) is 34.0 Å². The Morgan fingerprint density at radius 1 is 1.00 bits per heavy atom. The van der Waals surface area contributed by atoms with Crippen molar-refractivity contribution in [2.45, 2.75) is 53.2 Å². The Morgan fingerprint density at radius 3 is 2.34 bits per heavy atom. The smallest absolute Gasteiger partial charge is 0.332 e. The van der Waals surface area contributed by atoms with Gasteiger partial charge in [0.2, 0.25) is 0 Å². The van der Waals surface area contributed by atoms with Crippen LogP contribution in [0.5, 0.6) is 0 Å². The van der Waals surface area contributed by atoms with Crippen LogP contribution in [0.4, 0.5) is 0 Å². The van der Waals surface area contributed by atoms with Crippen molar-refractivity contribution in [3.8, 4) is 11.4 Å². The number of rotatable bonds is 9. The Balaban J connectivity index is 1.66. The molecule has 1 N–H and O–H groups in total. The summed E-state index contributed by atoms with van der Waals surface area (Å²) in [5, 5.41) is 0. The Morgan fingerprint density at radius 2 is 1.71 bits per heavy atom. The molecule has 0 aliphatic heterocycles. The van der Waals surface area contributed by atoms with E-state index in [9.17, 15) is 14.4 Å². The van der Waals surface area contributed by atoms with Gasteiger partial charge in [-0.2, -0.15) is 0 Å². The van der Waals surface area contributed by atoms with Crippen LogP contribution in [0.2, 0.25) is 0 Å². The normalized spacial score (nSPS) is 11.2. The molecule has 0 aliphatic rings. The second-order valence-corrected chi connectivity index (χ2v) is 8.28. The maximum atomic E-state index is 13.0. The molecule has 4 rings (SSSR count). The SMILES string of the molecule is CCCn1c(=O)c2[nH]c(-c3ccc(C(=O)N(CC)Cc4ccncc4)nc3)nc2n(CCC)c1=O. The lowest BCUT2D eigenvalue weighted by atomic mass is 10.2. The number of amides is 1. The van der Waals surface area contributed by atoms with E-state index in [0.29, 0.717) is 55.3 Å². The van der Waals surface area contributed by atoms with E-state index in [-0.39, 0.29) is 22.7 Å². The number of aromatic amines is 1. The van der Waals surface area contributed by atoms with E-state index < -0.39 is 0 Å². The molecule has 0 fully saturated rings. The summed E-state index contributed by atoms with van der Waals surface area (Å²) in [6, 6.07) is 7.14. The number of imidazole rings is 1. The zero-order chi connectivity index (χ0) is 24.9. The second-order valence-electron chi connectivity index (χ2n) is 8.28. The van der Waals surface area contributed by atoms with Crippen molar-refractivity contribution in [2.24, 2.45) is 0 Å². The summed E-state index contributed by atoms with van der Waals surface area (Å²) < 4.78 is 2.79. The Bertz CT molecular complexity index is 1440. The minimum atomic E-state index is -0.382. The maximum absolute atomic E-state index is 13.0. The molecule has 4 aromatic rings. The van der Waals surface area contributed by atoms with E-state index >= 15 is 0 Å². The molecule has 10 heteroatoms. The van der Waals surface area contributed by atoms with Gasteiger partial charge in [0, 0.05) is 50.3 Å². The average molecular weight is 476 g/mol. The number of aryl methyl sites for hydroxylation is 1. The first-order chi connectivity index (χ1) is 17.0. The number of nitrogens with zero attached hydrogens (tertiary/aromatic N) is 6. The number of carbonyl (C=O) groups is 1. The van der Waals surface area contributed by atoms with Crippen molar-refractivity contribution in [3.05, 3.63) is 75.0 Å². The predicted molar refractivity (Wildman–Crippen MR) is 133 cm³/mol. The first-order valence-electron chi connectivity index (χ1n) is 11.9. The van der Waals surface area contributed by atoms with E-state index in [1.54, 1.807) is 35.6 Å². The van der Waals surface area contributed by atoms with Gasteiger partial charge in [0.25, 0.3) is 11.5 Å². The summed E-state index contributed by atoms with van der Waals surface area (Å²) in [5.41, 5.74) is 1.81. The number of hydrogen-bond donors (Lipinski definition) is 1. The van der Waals surface area contributed by atoms with Gasteiger partial charge in [-0.05, 0) is 49.6 Å². The van der Waals surface area contributed by atoms with Crippen molar-refractivity contribution < 1.29 is 4.79 Å². The van der Waals surface area contributed by atoms with E-state index in [4.69, 9.17) is 0 Å². The monoisotopic (exact) mass is 475 g/mol. The van der Waals surface area contributed by atoms with E-state index in [0.717, 1.165) is 12.0 Å². The summed E-state index contributed by atoms with van der Waals surface area (Å²) in [5.74, 6) is 0.242. The minimum absolute atomic E-state index is 0.181. The third-order valence-corrected chi connectivity index (χ3v) is 5.80. The average Bonchev–Trinajstić information content (AvgIpc) is 3.33. The molecule has 4 aromatic heterocycles. The fourth-order valence-corrected chi connectivity index (χ4v) is 4.01. The molecule has 0 unspecified atom stereocenters. The van der Waals surface area contributed by atoms with Gasteiger partial charge in [-0.25, -0.2) is 9.78 Å². The van der Waals surface area contributed by atoms with Crippen LogP contribution in [-0.2, 0) is 19.6 Å². The number of hydrogen-bond acceptors (Lipinski definition) is 6. The number of H-pyrrole nitrogens is 1. The van der Waals surface area contributed by atoms with Crippen LogP contribution in [0.1, 0.15) is 49.7 Å². The van der Waals surface area contributed by atoms with Crippen molar-refractivity contribution >= 4 is 17.1 Å². The highest BCUT2D eigenvalue weighted by atomic mass is 16.2. The van der Waals surface area contributed by atoms with Gasteiger partial charge < -0.3 is 9.88 Å². The lowest BCUT2D eigenvalue weighted by Gasteiger charge is -2.20. The molecule has 182 valence electrons. The maximum Gasteiger partial charge on any atom is 0.332 e. The van der Waals surface area contributed by atoms with Crippen molar-refractivity contribution in [1.29, 1.82) is 0 Å². The Labute approximate surface area is 202 Å². The van der Waals surface area contributed by atoms with Crippen LogP contribution in [0.15, 0.2) is 52.4 Å². The first kappa shape index (κ1) is 24.1. The molecule has 10 nitrogen and oxygen atoms in total. The lowest BCUT2D eigenvalue weighted by molar-refractivity contribution is 0.0746. The molecular weight excluding hydrogens is 446 g/mol. The van der Waals surface area contributed by atoms with Crippen molar-refractivity contribution in [2.75, 3.05) is 6.54 Å². The molecule has 1 amide bonds. The molecule has 0 radical (unpaired) electrons. The summed E-state index contributed by atoms with van der Waals surface area (Å²) in [6.45, 7) is 7.61. The third kappa shape index (κ3) is 4.77. The van der Waals surface area contributed by atoms with Crippen LogP contribution in [0.3, 0.4) is 0 Å². The first-order valence-corrected chi connectivity index (χ1v) is 11.9. The highest BCUT2D eigenvalue weighted by molar-refractivity contribution is 5.92. The molecular formula is C25H29N7O3. The molecule has 0 spiro atoms. The zero-order valence-electron chi connectivity index (χ0n) is 20.2. The Kier molecular flexibility index (Phi) is 7.19. The van der Waals surface area contributed by atoms with Gasteiger partial charge >= 0.3 is 5.69 Å². The van der Waals surface area contributed by atoms with Crippen LogP contribution < -0.4 is 11.2 Å². The number of fused-ring (bicyclic) bond motifs is 1. The highest BCUT2D eigenvalue weighted by Gasteiger charge is 2.19. The number of aromatic nitrogens is 6. The third-order valence-electron chi connectivity index (χ3n) is 5.80. The van der Waals surface area contributed by atoms with Crippen LogP contribution >= 0.6 is 0 Å². The van der Waals surface area contributed by atoms with Crippen molar-refractivity contribution in [3.63, 3.8) is 0 Å². The molecule has 4 heterocycles. The van der Waals surface area contributed by atoms with E-state index in [1.807, 2.05) is 32.9 Å². The van der Waals surface area contributed by atoms with Gasteiger partial charge in [0.15, 0.2) is 5.65 Å². The van der Waals surface area contributed by atoms with Gasteiger partial charge in [-0.3, -0.25) is 28.7 Å². The molecule has 0 bridgehead atoms. The van der Waals surface area contributed by atoms with E-state index in [1.165, 1.54) is 9.13 Å². The number of pyridine rings is 2. The highest BCUT2D eigenvalue weighted by Crippen LogP contribution is 2.19. The molecule has 0 saturated heterocycles. The largest absolute Gasteiger partial charge is 0.333 e. The fourth-order valence-electron chi connectivity index (χ4n) is 4.01. The summed E-state index contributed by atoms with van der Waals surface area (Å²) in [4.78, 5) is 56.6. The standard InChI is InChI=1S/C25H29N7O3/c1-4-13-31-22-20(24(34)32(14-5-2)25(31)35)28-21(29-22)18-7-8-19(27-15-18)23(33)30(6-3)16-17-9-11-26-12-10-17/h7-12,15H,4-6,13-14,16H2,1-3H3,(H,28,29). The molecule has 0 aliphatic carbocycles. The topological polar surface area (TPSA) is 119 Å².